The third kappa shape index (κ3) is 3.87. The van der Waals surface area contributed by atoms with Crippen LogP contribution in [0, 0.1) is 5.41 Å². The molecule has 1 aromatic carbocycles. The molecule has 0 spiro atoms. The maximum absolute atomic E-state index is 13.4. The number of nitrogens with zero attached hydrogens (tertiary/aromatic N) is 2. The van der Waals surface area contributed by atoms with E-state index in [2.05, 4.69) is 13.8 Å². The van der Waals surface area contributed by atoms with Gasteiger partial charge in [-0.3, -0.25) is 14.4 Å². The lowest BCUT2D eigenvalue weighted by atomic mass is 9.76. The smallest absolute Gasteiger partial charge is 0.266 e. The first-order chi connectivity index (χ1) is 14.2. The van der Waals surface area contributed by atoms with Gasteiger partial charge in [-0.05, 0) is 30.9 Å². The van der Waals surface area contributed by atoms with E-state index in [1.54, 1.807) is 11.8 Å². The second-order valence-electron chi connectivity index (χ2n) is 9.66. The van der Waals surface area contributed by atoms with Gasteiger partial charge in [-0.15, -0.1) is 0 Å². The average Bonchev–Trinajstić information content (AvgIpc) is 2.88. The fraction of sp³-hybridized carbons (Fsp3) is 0.542. The van der Waals surface area contributed by atoms with Crippen molar-refractivity contribution in [2.75, 3.05) is 26.2 Å². The predicted molar refractivity (Wildman–Crippen MR) is 113 cm³/mol. The van der Waals surface area contributed by atoms with Crippen LogP contribution in [0.25, 0.3) is 0 Å². The molecular weight excluding hydrogens is 380 g/mol. The molecule has 1 atom stereocenters. The zero-order chi connectivity index (χ0) is 21.5. The van der Waals surface area contributed by atoms with Crippen molar-refractivity contribution in [1.82, 2.24) is 9.80 Å². The van der Waals surface area contributed by atoms with Crippen LogP contribution in [0.15, 0.2) is 41.7 Å². The first-order valence-corrected chi connectivity index (χ1v) is 10.8. The van der Waals surface area contributed by atoms with Crippen LogP contribution >= 0.6 is 0 Å². The van der Waals surface area contributed by atoms with E-state index in [-0.39, 0.29) is 23.0 Å². The molecule has 30 heavy (non-hydrogen) atoms. The summed E-state index contributed by atoms with van der Waals surface area (Å²) in [6.07, 6.45) is 2.26. The second-order valence-corrected chi connectivity index (χ2v) is 9.66. The van der Waals surface area contributed by atoms with Crippen molar-refractivity contribution >= 4 is 17.6 Å². The predicted octanol–water partition coefficient (Wildman–Crippen LogP) is 3.18. The van der Waals surface area contributed by atoms with E-state index in [0.717, 1.165) is 6.42 Å². The van der Waals surface area contributed by atoms with Gasteiger partial charge >= 0.3 is 0 Å². The molecule has 0 N–H and O–H groups in total. The number of ketones is 1. The van der Waals surface area contributed by atoms with Crippen molar-refractivity contribution in [1.29, 1.82) is 0 Å². The zero-order valence-electron chi connectivity index (χ0n) is 18.1. The summed E-state index contributed by atoms with van der Waals surface area (Å²) in [5, 5.41) is 0. The van der Waals surface area contributed by atoms with Gasteiger partial charge in [-0.1, -0.05) is 32.0 Å². The first-order valence-electron chi connectivity index (χ1n) is 10.8. The van der Waals surface area contributed by atoms with Crippen molar-refractivity contribution in [2.24, 2.45) is 5.41 Å². The Morgan fingerprint density at radius 2 is 1.57 bits per heavy atom. The van der Waals surface area contributed by atoms with Crippen LogP contribution < -0.4 is 0 Å². The van der Waals surface area contributed by atoms with Gasteiger partial charge in [-0.2, -0.15) is 0 Å². The molecular formula is C24H30N2O4. The summed E-state index contributed by atoms with van der Waals surface area (Å²) in [5.74, 6) is 0.714. The minimum Gasteiger partial charge on any atom is -0.481 e. The summed E-state index contributed by atoms with van der Waals surface area (Å²) in [5.41, 5.74) is 0.201. The Kier molecular flexibility index (Phi) is 5.20. The summed E-state index contributed by atoms with van der Waals surface area (Å²) < 4.78 is 6.15. The molecule has 0 aromatic heterocycles. The average molecular weight is 411 g/mol. The van der Waals surface area contributed by atoms with Crippen LogP contribution in [-0.4, -0.2) is 59.2 Å². The normalized spacial score (nSPS) is 26.2. The summed E-state index contributed by atoms with van der Waals surface area (Å²) in [6, 6.07) is 9.24. The Morgan fingerprint density at radius 1 is 0.900 bits per heavy atom. The Bertz CT molecular complexity index is 905. The third-order valence-corrected chi connectivity index (χ3v) is 6.36. The third-order valence-electron chi connectivity index (χ3n) is 6.36. The van der Waals surface area contributed by atoms with Gasteiger partial charge in [0.1, 0.15) is 5.76 Å². The number of allylic oxidation sites excluding steroid dienone is 1. The highest BCUT2D eigenvalue weighted by atomic mass is 16.5. The minimum atomic E-state index is -1.03. The molecule has 1 aromatic rings. The number of hydrogen-bond donors (Lipinski definition) is 0. The Morgan fingerprint density at radius 3 is 2.30 bits per heavy atom. The number of Topliss-reactive ketones (excluding diaryl/α,β-unsaturated/α-hetero) is 1. The van der Waals surface area contributed by atoms with Crippen LogP contribution in [0.2, 0.25) is 0 Å². The number of rotatable bonds is 2. The zero-order valence-corrected chi connectivity index (χ0v) is 18.1. The molecule has 6 heteroatoms. The fourth-order valence-corrected chi connectivity index (χ4v) is 4.78. The maximum atomic E-state index is 13.4. The van der Waals surface area contributed by atoms with E-state index in [0.29, 0.717) is 62.3 Å². The number of amides is 2. The Balaban J connectivity index is 1.42. The fourth-order valence-electron chi connectivity index (χ4n) is 4.78. The van der Waals surface area contributed by atoms with E-state index >= 15 is 0 Å². The van der Waals surface area contributed by atoms with Crippen molar-refractivity contribution in [2.45, 2.75) is 52.1 Å². The summed E-state index contributed by atoms with van der Waals surface area (Å²) in [6.45, 7) is 8.09. The molecule has 1 fully saturated rings. The largest absolute Gasteiger partial charge is 0.481 e. The van der Waals surface area contributed by atoms with Crippen molar-refractivity contribution in [3.63, 3.8) is 0 Å². The molecule has 0 bridgehead atoms. The minimum absolute atomic E-state index is 0.00168. The molecule has 2 aliphatic heterocycles. The van der Waals surface area contributed by atoms with E-state index in [4.69, 9.17) is 4.74 Å². The molecule has 0 radical (unpaired) electrons. The molecule has 2 heterocycles. The summed E-state index contributed by atoms with van der Waals surface area (Å²) in [7, 11) is 0. The van der Waals surface area contributed by atoms with Gasteiger partial charge in [0, 0.05) is 56.6 Å². The Labute approximate surface area is 177 Å². The molecule has 1 aliphatic carbocycles. The van der Waals surface area contributed by atoms with Crippen LogP contribution in [-0.2, 0) is 14.3 Å². The number of carbonyl (C=O) groups is 3. The number of ether oxygens (including phenoxy) is 1. The Hall–Kier alpha value is -2.63. The molecule has 2 amide bonds. The van der Waals surface area contributed by atoms with Crippen LogP contribution in [0.3, 0.4) is 0 Å². The maximum Gasteiger partial charge on any atom is 0.266 e. The number of carbonyl (C=O) groups excluding carboxylic acids is 3. The lowest BCUT2D eigenvalue weighted by Crippen LogP contribution is -2.48. The lowest BCUT2D eigenvalue weighted by molar-refractivity contribution is -0.149. The monoisotopic (exact) mass is 410 g/mol. The standard InChI is InChI=1S/C24H30N2O4/c1-23(2)15-19(27)18-14-24(3,30-20(18)16-23)22(29)26-11-7-10-25(12-13-26)21(28)17-8-5-4-6-9-17/h4-6,8-9H,7,10-16H2,1-3H3. The molecule has 1 unspecified atom stereocenters. The second kappa shape index (κ2) is 7.56. The summed E-state index contributed by atoms with van der Waals surface area (Å²) in [4.78, 5) is 42.4. The molecule has 160 valence electrons. The molecule has 0 saturated carbocycles. The highest BCUT2D eigenvalue weighted by Crippen LogP contribution is 2.46. The first kappa shape index (κ1) is 20.6. The van der Waals surface area contributed by atoms with Crippen molar-refractivity contribution in [3.05, 3.63) is 47.2 Å². The molecule has 4 rings (SSSR count). The van der Waals surface area contributed by atoms with Gasteiger partial charge in [-0.25, -0.2) is 0 Å². The lowest BCUT2D eigenvalue weighted by Gasteiger charge is -2.32. The topological polar surface area (TPSA) is 66.9 Å². The van der Waals surface area contributed by atoms with Gasteiger partial charge < -0.3 is 14.5 Å². The van der Waals surface area contributed by atoms with E-state index in [1.807, 2.05) is 35.2 Å². The van der Waals surface area contributed by atoms with E-state index in [9.17, 15) is 14.4 Å². The highest BCUT2D eigenvalue weighted by molar-refractivity contribution is 6.00. The van der Waals surface area contributed by atoms with Gasteiger partial charge in [0.05, 0.1) is 0 Å². The van der Waals surface area contributed by atoms with Crippen LogP contribution in [0.1, 0.15) is 56.8 Å². The van der Waals surface area contributed by atoms with Crippen molar-refractivity contribution < 1.29 is 19.1 Å². The van der Waals surface area contributed by atoms with Crippen LogP contribution in [0.5, 0.6) is 0 Å². The van der Waals surface area contributed by atoms with Gasteiger partial charge in [0.15, 0.2) is 11.4 Å². The number of hydrogen-bond acceptors (Lipinski definition) is 4. The number of benzene rings is 1. The van der Waals surface area contributed by atoms with E-state index < -0.39 is 5.60 Å². The quantitative estimate of drug-likeness (QED) is 0.751. The molecule has 6 nitrogen and oxygen atoms in total. The van der Waals surface area contributed by atoms with Gasteiger partial charge in [0.25, 0.3) is 11.8 Å². The van der Waals surface area contributed by atoms with Gasteiger partial charge in [0.2, 0.25) is 0 Å². The molecule has 3 aliphatic rings. The van der Waals surface area contributed by atoms with Crippen molar-refractivity contribution in [3.8, 4) is 0 Å². The highest BCUT2D eigenvalue weighted by Gasteiger charge is 2.50. The SMILES string of the molecule is CC1(C)CC(=O)C2=C(C1)OC(C)(C(=O)N1CCCN(C(=O)c3ccccc3)CC1)C2. The van der Waals surface area contributed by atoms with E-state index in [1.165, 1.54) is 0 Å². The molecule has 1 saturated heterocycles. The summed E-state index contributed by atoms with van der Waals surface area (Å²) >= 11 is 0. The van der Waals surface area contributed by atoms with Crippen LogP contribution in [0.4, 0.5) is 0 Å².